The number of aliphatic hydroxyl groups is 1. The fourth-order valence-corrected chi connectivity index (χ4v) is 5.76. The Morgan fingerprint density at radius 1 is 1.03 bits per heavy atom. The minimum Gasteiger partial charge on any atom is -0.389 e. The monoisotopic (exact) mass is 432 g/mol. The molecule has 0 spiro atoms. The number of nitrogens with zero attached hydrogens (tertiary/aromatic N) is 3. The fraction of sp³-hybridized carbons (Fsp3) is 0.565. The summed E-state index contributed by atoms with van der Waals surface area (Å²) in [5.41, 5.74) is -0.640. The van der Waals surface area contributed by atoms with E-state index in [2.05, 4.69) is 20.4 Å². The van der Waals surface area contributed by atoms with Gasteiger partial charge in [-0.25, -0.2) is 13.2 Å². The summed E-state index contributed by atoms with van der Waals surface area (Å²) >= 11 is 0. The molecule has 5 nitrogen and oxygen atoms in total. The minimum absolute atomic E-state index is 0.0882. The van der Waals surface area contributed by atoms with Crippen LogP contribution in [-0.4, -0.2) is 51.5 Å². The summed E-state index contributed by atoms with van der Waals surface area (Å²) in [6.45, 7) is 2.85. The molecule has 0 amide bonds. The van der Waals surface area contributed by atoms with E-state index in [1.54, 1.807) is 6.07 Å². The molecule has 2 N–H and O–H groups in total. The lowest BCUT2D eigenvalue weighted by atomic mass is 10.0. The van der Waals surface area contributed by atoms with Crippen LogP contribution in [-0.2, 0) is 0 Å². The van der Waals surface area contributed by atoms with Gasteiger partial charge in [-0.2, -0.15) is 0 Å². The summed E-state index contributed by atoms with van der Waals surface area (Å²) in [6.07, 6.45) is 6.17. The first-order chi connectivity index (χ1) is 14.9. The van der Waals surface area contributed by atoms with E-state index in [9.17, 15) is 18.3 Å². The number of fused-ring (bicyclic) bond motifs is 1. The fourth-order valence-electron chi connectivity index (χ4n) is 5.76. The van der Waals surface area contributed by atoms with Gasteiger partial charge in [0.25, 0.3) is 0 Å². The van der Waals surface area contributed by atoms with Gasteiger partial charge in [-0.3, -0.25) is 4.90 Å². The molecule has 2 aromatic rings. The van der Waals surface area contributed by atoms with Gasteiger partial charge in [-0.05, 0) is 55.7 Å². The van der Waals surface area contributed by atoms with Crippen molar-refractivity contribution in [3.05, 3.63) is 41.7 Å². The van der Waals surface area contributed by atoms with E-state index >= 15 is 0 Å². The summed E-state index contributed by atoms with van der Waals surface area (Å²) < 4.78 is 40.9. The number of β-amino-alcohol motifs (C(OH)–C–C–N with tert-alkyl or cyclic N) is 1. The van der Waals surface area contributed by atoms with Crippen LogP contribution in [0.1, 0.15) is 38.5 Å². The summed E-state index contributed by atoms with van der Waals surface area (Å²) in [7, 11) is 0. The van der Waals surface area contributed by atoms with Crippen LogP contribution in [0.3, 0.4) is 0 Å². The maximum Gasteiger partial charge on any atom is 0.168 e. The zero-order chi connectivity index (χ0) is 21.6. The Hall–Kier alpha value is -2.19. The Kier molecular flexibility index (Phi) is 5.38. The molecule has 0 radical (unpaired) electrons. The standard InChI is InChI=1S/C23H27F3N4O/c24-16-9-18(22(26)19(25)10-16)20-3-4-21(29-28-20)27-17-7-14-11-30(12-15(14)8-17)13-23(31)5-1-2-6-23/h3-4,9-10,14-15,17,31H,1-2,5-8,11-13H2,(H,27,29)/t14-,15+,17-. The molecule has 3 atom stereocenters. The first kappa shape index (κ1) is 20.7. The van der Waals surface area contributed by atoms with Gasteiger partial charge in [0.05, 0.1) is 11.3 Å². The second kappa shape index (κ2) is 8.06. The van der Waals surface area contributed by atoms with E-state index < -0.39 is 23.1 Å². The average molecular weight is 432 g/mol. The van der Waals surface area contributed by atoms with Crippen LogP contribution in [0.4, 0.5) is 19.0 Å². The van der Waals surface area contributed by atoms with E-state index in [0.29, 0.717) is 23.7 Å². The van der Waals surface area contributed by atoms with Gasteiger partial charge in [0, 0.05) is 37.3 Å². The molecule has 166 valence electrons. The van der Waals surface area contributed by atoms with Gasteiger partial charge in [0.1, 0.15) is 11.6 Å². The molecule has 0 bridgehead atoms. The second-order valence-corrected chi connectivity index (χ2v) is 9.51. The largest absolute Gasteiger partial charge is 0.389 e. The van der Waals surface area contributed by atoms with E-state index in [-0.39, 0.29) is 17.3 Å². The lowest BCUT2D eigenvalue weighted by molar-refractivity contribution is 0.0137. The predicted octanol–water partition coefficient (Wildman–Crippen LogP) is 3.99. The third-order valence-corrected chi connectivity index (χ3v) is 7.16. The maximum atomic E-state index is 14.0. The SMILES string of the molecule is OC1(CN2C[C@H]3C[C@@H](Nc4ccc(-c5cc(F)cc(F)c5F)nn4)C[C@H]3C2)CCCC1. The van der Waals surface area contributed by atoms with Crippen LogP contribution in [0.15, 0.2) is 24.3 Å². The molecule has 3 aliphatic rings. The van der Waals surface area contributed by atoms with E-state index in [0.717, 1.165) is 64.2 Å². The van der Waals surface area contributed by atoms with Crippen LogP contribution in [0.25, 0.3) is 11.3 Å². The molecule has 1 saturated heterocycles. The number of aromatic nitrogens is 2. The van der Waals surface area contributed by atoms with Gasteiger partial charge in [0.2, 0.25) is 0 Å². The molecule has 1 aromatic heterocycles. The molecular weight excluding hydrogens is 405 g/mol. The highest BCUT2D eigenvalue weighted by Crippen LogP contribution is 2.41. The highest BCUT2D eigenvalue weighted by Gasteiger charge is 2.43. The molecule has 2 saturated carbocycles. The van der Waals surface area contributed by atoms with Crippen LogP contribution >= 0.6 is 0 Å². The Morgan fingerprint density at radius 2 is 1.74 bits per heavy atom. The van der Waals surface area contributed by atoms with Crippen molar-refractivity contribution < 1.29 is 18.3 Å². The van der Waals surface area contributed by atoms with Gasteiger partial charge < -0.3 is 10.4 Å². The van der Waals surface area contributed by atoms with Gasteiger partial charge >= 0.3 is 0 Å². The number of likely N-dealkylation sites (tertiary alicyclic amines) is 1. The highest BCUT2D eigenvalue weighted by molar-refractivity contribution is 5.60. The highest BCUT2D eigenvalue weighted by atomic mass is 19.2. The molecular formula is C23H27F3N4O. The Bertz CT molecular complexity index is 935. The zero-order valence-corrected chi connectivity index (χ0v) is 17.3. The number of rotatable bonds is 5. The molecule has 3 fully saturated rings. The van der Waals surface area contributed by atoms with Crippen LogP contribution in [0.5, 0.6) is 0 Å². The second-order valence-electron chi connectivity index (χ2n) is 9.51. The number of anilines is 1. The van der Waals surface area contributed by atoms with Crippen molar-refractivity contribution in [3.63, 3.8) is 0 Å². The van der Waals surface area contributed by atoms with Crippen molar-refractivity contribution in [2.45, 2.75) is 50.2 Å². The maximum absolute atomic E-state index is 14.0. The first-order valence-electron chi connectivity index (χ1n) is 11.1. The van der Waals surface area contributed by atoms with Crippen LogP contribution in [0, 0.1) is 29.3 Å². The lowest BCUT2D eigenvalue weighted by Gasteiger charge is -2.29. The van der Waals surface area contributed by atoms with Gasteiger partial charge in [-0.1, -0.05) is 12.8 Å². The molecule has 5 rings (SSSR count). The van der Waals surface area contributed by atoms with Gasteiger partial charge in [0.15, 0.2) is 11.6 Å². The normalized spacial score (nSPS) is 27.5. The van der Waals surface area contributed by atoms with Crippen molar-refractivity contribution in [1.29, 1.82) is 0 Å². The molecule has 31 heavy (non-hydrogen) atoms. The summed E-state index contributed by atoms with van der Waals surface area (Å²) in [5.74, 6) is -1.44. The third kappa shape index (κ3) is 4.28. The topological polar surface area (TPSA) is 61.3 Å². The quantitative estimate of drug-likeness (QED) is 0.700. The van der Waals surface area contributed by atoms with Crippen molar-refractivity contribution in [2.75, 3.05) is 25.0 Å². The number of hydrogen-bond donors (Lipinski definition) is 2. The summed E-state index contributed by atoms with van der Waals surface area (Å²) in [4.78, 5) is 2.43. The third-order valence-electron chi connectivity index (χ3n) is 7.16. The molecule has 1 aliphatic heterocycles. The average Bonchev–Trinajstić information content (AvgIpc) is 3.40. The van der Waals surface area contributed by atoms with E-state index in [1.165, 1.54) is 6.07 Å². The number of nitrogens with one attached hydrogen (secondary N) is 1. The molecule has 2 aliphatic carbocycles. The van der Waals surface area contributed by atoms with Crippen LogP contribution in [0.2, 0.25) is 0 Å². The number of benzene rings is 1. The van der Waals surface area contributed by atoms with E-state index in [4.69, 9.17) is 0 Å². The van der Waals surface area contributed by atoms with E-state index in [1.807, 2.05) is 0 Å². The van der Waals surface area contributed by atoms with Crippen molar-refractivity contribution in [3.8, 4) is 11.3 Å². The Balaban J connectivity index is 1.17. The first-order valence-corrected chi connectivity index (χ1v) is 11.1. The zero-order valence-electron chi connectivity index (χ0n) is 17.3. The molecule has 2 heterocycles. The van der Waals surface area contributed by atoms with Crippen molar-refractivity contribution in [1.82, 2.24) is 15.1 Å². The summed E-state index contributed by atoms with van der Waals surface area (Å²) in [6, 6.07) is 4.90. The van der Waals surface area contributed by atoms with Crippen molar-refractivity contribution in [2.24, 2.45) is 11.8 Å². The molecule has 1 aromatic carbocycles. The van der Waals surface area contributed by atoms with Crippen molar-refractivity contribution >= 4 is 5.82 Å². The summed E-state index contributed by atoms with van der Waals surface area (Å²) in [5, 5.41) is 22.1. The molecule has 0 unspecified atom stereocenters. The minimum atomic E-state index is -1.24. The predicted molar refractivity (Wildman–Crippen MR) is 111 cm³/mol. The Morgan fingerprint density at radius 3 is 2.39 bits per heavy atom. The Labute approximate surface area is 179 Å². The van der Waals surface area contributed by atoms with Crippen LogP contribution < -0.4 is 5.32 Å². The lowest BCUT2D eigenvalue weighted by Crippen LogP contribution is -2.40. The van der Waals surface area contributed by atoms with Gasteiger partial charge in [-0.15, -0.1) is 10.2 Å². The molecule has 8 heteroatoms. The number of hydrogen-bond acceptors (Lipinski definition) is 5. The smallest absolute Gasteiger partial charge is 0.168 e. The number of halogens is 3.